The Morgan fingerprint density at radius 1 is 0.442 bits per heavy atom. The average molecular weight is 651 g/mol. The predicted octanol–water partition coefficient (Wildman–Crippen LogP) is 8.42. The number of nitrogens with zero attached hydrogens (tertiary/aromatic N) is 2. The molecule has 0 fully saturated rings. The van der Waals surface area contributed by atoms with Gasteiger partial charge in [0.2, 0.25) is 0 Å². The molecule has 0 aliphatic rings. The summed E-state index contributed by atoms with van der Waals surface area (Å²) < 4.78 is 0. The van der Waals surface area contributed by atoms with Crippen molar-refractivity contribution in [1.29, 1.82) is 0 Å². The van der Waals surface area contributed by atoms with Gasteiger partial charge in [-0.05, 0) is 59.7 Å². The van der Waals surface area contributed by atoms with E-state index in [1.807, 2.05) is 73.1 Å². The van der Waals surface area contributed by atoms with E-state index in [2.05, 4.69) is 150 Å². The zero-order valence-corrected chi connectivity index (χ0v) is 26.6. The van der Waals surface area contributed by atoms with Crippen molar-refractivity contribution < 1.29 is 15.1 Å². The van der Waals surface area contributed by atoms with E-state index in [1.165, 1.54) is 27.0 Å². The Hall–Kier alpha value is -3.84. The first kappa shape index (κ1) is 33.7. The number of benzene rings is 5. The van der Waals surface area contributed by atoms with Gasteiger partial charge in [-0.2, -0.15) is 0 Å². The molecule has 2 nitrogen and oxygen atoms in total. The van der Waals surface area contributed by atoms with E-state index in [4.69, 9.17) is 0 Å². The number of allylic oxidation sites excluding steroid dienone is 2. The number of aliphatic imine (C=N–C) groups is 2. The Labute approximate surface area is 270 Å². The Morgan fingerprint density at radius 3 is 1.02 bits per heavy atom. The smallest absolute Gasteiger partial charge is 0.0620 e. The third-order valence-electron chi connectivity index (χ3n) is 6.11. The van der Waals surface area contributed by atoms with Crippen molar-refractivity contribution in [1.82, 2.24) is 0 Å². The second kappa shape index (κ2) is 21.8. The van der Waals surface area contributed by atoms with Crippen LogP contribution in [0.3, 0.4) is 0 Å². The van der Waals surface area contributed by atoms with Crippen LogP contribution in [0.4, 0.5) is 0 Å². The molecule has 0 aromatic heterocycles. The minimum absolute atomic E-state index is 0.703. The Bertz CT molecular complexity index is 1360. The van der Waals surface area contributed by atoms with Crippen LogP contribution in [0.5, 0.6) is 0 Å². The molecule has 5 aromatic carbocycles. The van der Waals surface area contributed by atoms with E-state index in [9.17, 15) is 0 Å². The van der Waals surface area contributed by atoms with Crippen molar-refractivity contribution in [3.05, 3.63) is 175 Å². The van der Waals surface area contributed by atoms with Crippen LogP contribution in [-0.2, 0) is 15.1 Å². The number of hydrogen-bond acceptors (Lipinski definition) is 2. The monoisotopic (exact) mass is 649 g/mol. The minimum Gasteiger partial charge on any atom is -0.0620 e. The molecule has 5 aromatic rings. The molecule has 0 bridgehead atoms. The fraction of sp³-hybridized carbons (Fsp3) is 0.0526. The van der Waals surface area contributed by atoms with E-state index < -0.39 is 7.92 Å². The van der Waals surface area contributed by atoms with Crippen LogP contribution in [0.25, 0.3) is 12.2 Å². The van der Waals surface area contributed by atoms with Gasteiger partial charge in [-0.25, -0.2) is 0 Å². The van der Waals surface area contributed by atoms with Gasteiger partial charge >= 0.3 is 25.2 Å². The van der Waals surface area contributed by atoms with E-state index in [-0.39, 0.29) is 0 Å². The second-order valence-corrected chi connectivity index (χ2v) is 11.6. The Kier molecular flexibility index (Phi) is 17.1. The van der Waals surface area contributed by atoms with Gasteiger partial charge in [0.05, 0.1) is 21.0 Å². The third-order valence-corrected chi connectivity index (χ3v) is 8.84. The zero-order chi connectivity index (χ0) is 30.2. The Balaban J connectivity index is 0.000000224. The average Bonchev–Trinajstić information content (AvgIpc) is 3.09. The predicted molar refractivity (Wildman–Crippen MR) is 190 cm³/mol. The molecule has 0 atom stereocenters. The molecule has 0 saturated carbocycles. The summed E-state index contributed by atoms with van der Waals surface area (Å²) in [6.07, 6.45) is 11.6. The van der Waals surface area contributed by atoms with Crippen LogP contribution >= 0.6 is 18.0 Å². The quantitative estimate of drug-likeness (QED) is 0.0628. The molecule has 0 saturated heterocycles. The maximum atomic E-state index is 4.29. The molecule has 0 spiro atoms. The van der Waals surface area contributed by atoms with Crippen LogP contribution in [0.2, 0.25) is 0 Å². The van der Waals surface area contributed by atoms with E-state index in [0.29, 0.717) is 13.1 Å². The fourth-order valence-electron chi connectivity index (χ4n) is 4.14. The number of hydrogen-bond donors (Lipinski definition) is 0. The van der Waals surface area contributed by atoms with Crippen molar-refractivity contribution in [2.45, 2.75) is 0 Å². The van der Waals surface area contributed by atoms with Crippen molar-refractivity contribution in [3.63, 3.8) is 0 Å². The SMILES string of the molecule is C(=Cc1ccccc1)C=NCCN=CC=Cc1ccccc1.[Cl][Cu].c1ccc([PH+](c2ccccc2)c2ccccc2)cc1. The van der Waals surface area contributed by atoms with Crippen LogP contribution in [0, 0.1) is 0 Å². The van der Waals surface area contributed by atoms with Crippen LogP contribution in [0.15, 0.2) is 174 Å². The molecule has 0 amide bonds. The van der Waals surface area contributed by atoms with Crippen molar-refractivity contribution >= 4 is 58.5 Å². The minimum atomic E-state index is -0.877. The number of rotatable bonds is 10. The Morgan fingerprint density at radius 2 is 0.721 bits per heavy atom. The molecule has 5 heteroatoms. The first-order chi connectivity index (χ1) is 21.4. The molecule has 5 rings (SSSR count). The molecule has 0 N–H and O–H groups in total. The van der Waals surface area contributed by atoms with Crippen molar-refractivity contribution in [2.24, 2.45) is 9.98 Å². The van der Waals surface area contributed by atoms with Gasteiger partial charge in [-0.3, -0.25) is 9.98 Å². The van der Waals surface area contributed by atoms with Gasteiger partial charge in [0, 0.05) is 12.4 Å². The zero-order valence-electron chi connectivity index (χ0n) is 23.9. The van der Waals surface area contributed by atoms with Gasteiger partial charge in [0.1, 0.15) is 15.9 Å². The molecule has 220 valence electrons. The largest absolute Gasteiger partial charge is 0.102 e. The van der Waals surface area contributed by atoms with Gasteiger partial charge in [-0.1, -0.05) is 127 Å². The summed E-state index contributed by atoms with van der Waals surface area (Å²) in [5, 5.41) is 4.31. The van der Waals surface area contributed by atoms with Crippen LogP contribution in [-0.4, -0.2) is 25.5 Å². The fourth-order valence-corrected chi connectivity index (χ4v) is 6.71. The van der Waals surface area contributed by atoms with Crippen molar-refractivity contribution in [2.75, 3.05) is 13.1 Å². The van der Waals surface area contributed by atoms with E-state index in [0.717, 1.165) is 0 Å². The summed E-state index contributed by atoms with van der Waals surface area (Å²) in [4.78, 5) is 8.59. The van der Waals surface area contributed by atoms with Crippen LogP contribution < -0.4 is 15.9 Å². The summed E-state index contributed by atoms with van der Waals surface area (Å²) in [7, 11) is 3.32. The molecule has 0 heterocycles. The summed E-state index contributed by atoms with van der Waals surface area (Å²) in [6.45, 7) is 1.41. The third kappa shape index (κ3) is 13.3. The van der Waals surface area contributed by atoms with E-state index >= 15 is 0 Å². The summed E-state index contributed by atoms with van der Waals surface area (Å²) in [6, 6.07) is 52.9. The van der Waals surface area contributed by atoms with Gasteiger partial charge in [-0.15, -0.1) is 0 Å². The topological polar surface area (TPSA) is 24.7 Å². The molecular formula is C38H36ClCuN2P+. The normalized spacial score (nSPS) is 11.1. The second-order valence-electron chi connectivity index (χ2n) is 9.12. The van der Waals surface area contributed by atoms with Gasteiger partial charge in [0.15, 0.2) is 0 Å². The molecule has 0 unspecified atom stereocenters. The molecule has 0 aliphatic carbocycles. The molecular weight excluding hydrogens is 614 g/mol. The molecule has 0 aliphatic heterocycles. The maximum Gasteiger partial charge on any atom is 0.102 e. The van der Waals surface area contributed by atoms with Crippen LogP contribution in [0.1, 0.15) is 11.1 Å². The maximum absolute atomic E-state index is 4.29. The first-order valence-corrected chi connectivity index (χ1v) is 16.8. The molecule has 0 radical (unpaired) electrons. The standard InChI is InChI=1S/C20H20N2.C18H15P.ClH.Cu/c1-3-9-19(10-4-1)13-7-15-21-17-18-22-16-8-14-20-11-5-2-6-12-20;1-4-10-16(11-5-1)19(17-12-6-2-7-13-17)18-14-8-3-9-15-18;;/h1-16H,17-18H2;1-15H;1H;/q;;;+1. The first-order valence-electron chi connectivity index (χ1n) is 14.0. The van der Waals surface area contributed by atoms with Crippen molar-refractivity contribution in [3.8, 4) is 0 Å². The molecule has 43 heavy (non-hydrogen) atoms. The van der Waals surface area contributed by atoms with Gasteiger partial charge in [0.25, 0.3) is 0 Å². The summed E-state index contributed by atoms with van der Waals surface area (Å²) in [5.74, 6) is 0. The number of halogens is 1. The summed E-state index contributed by atoms with van der Waals surface area (Å²) in [5.41, 5.74) is 2.36. The summed E-state index contributed by atoms with van der Waals surface area (Å²) >= 11 is 3.66. The van der Waals surface area contributed by atoms with Gasteiger partial charge < -0.3 is 0 Å². The van der Waals surface area contributed by atoms with E-state index in [1.54, 1.807) is 0 Å².